The fourth-order valence-electron chi connectivity index (χ4n) is 1.01. The van der Waals surface area contributed by atoms with Crippen LogP contribution in [0, 0.1) is 0 Å². The number of hydrogen-bond acceptors (Lipinski definition) is 2. The highest BCUT2D eigenvalue weighted by atomic mass is 16.7. The van der Waals surface area contributed by atoms with Crippen LogP contribution < -0.4 is 10.8 Å². The Morgan fingerprint density at radius 1 is 1.43 bits per heavy atom. The number of amides is 2. The minimum atomic E-state index is -0.607. The molecule has 0 saturated carbocycles. The first-order chi connectivity index (χ1) is 6.75. The van der Waals surface area contributed by atoms with Crippen LogP contribution in [0.4, 0.5) is 10.5 Å². The second-order valence-electron chi connectivity index (χ2n) is 2.80. The fraction of sp³-hybridized carbons (Fsp3) is 0.300. The SMILES string of the molecule is CCCON(C(N)=O)c1ccccc1. The minimum absolute atomic E-state index is 0.470. The molecule has 1 aromatic carbocycles. The number of nitrogens with zero attached hydrogens (tertiary/aromatic N) is 1. The largest absolute Gasteiger partial charge is 0.349 e. The lowest BCUT2D eigenvalue weighted by Gasteiger charge is -2.18. The van der Waals surface area contributed by atoms with Crippen LogP contribution in [0.15, 0.2) is 30.3 Å². The molecule has 0 aromatic heterocycles. The molecule has 1 rings (SSSR count). The Hall–Kier alpha value is -1.55. The van der Waals surface area contributed by atoms with Crippen LogP contribution in [-0.4, -0.2) is 12.6 Å². The first-order valence-electron chi connectivity index (χ1n) is 4.53. The molecular weight excluding hydrogens is 180 g/mol. The van der Waals surface area contributed by atoms with Crippen molar-refractivity contribution in [2.45, 2.75) is 13.3 Å². The predicted octanol–water partition coefficient (Wildman–Crippen LogP) is 1.91. The van der Waals surface area contributed by atoms with Gasteiger partial charge in [-0.25, -0.2) is 4.79 Å². The molecule has 14 heavy (non-hydrogen) atoms. The third-order valence-electron chi connectivity index (χ3n) is 1.62. The maximum absolute atomic E-state index is 11.0. The molecule has 2 N–H and O–H groups in total. The van der Waals surface area contributed by atoms with E-state index in [1.165, 1.54) is 0 Å². The summed E-state index contributed by atoms with van der Waals surface area (Å²) in [5, 5.41) is 1.10. The average molecular weight is 194 g/mol. The maximum atomic E-state index is 11.0. The highest BCUT2D eigenvalue weighted by Crippen LogP contribution is 2.13. The third kappa shape index (κ3) is 2.74. The molecular formula is C10H14N2O2. The average Bonchev–Trinajstić information content (AvgIpc) is 2.19. The van der Waals surface area contributed by atoms with Gasteiger partial charge in [0.05, 0.1) is 12.3 Å². The Morgan fingerprint density at radius 2 is 2.07 bits per heavy atom. The number of urea groups is 1. The second-order valence-corrected chi connectivity index (χ2v) is 2.80. The van der Waals surface area contributed by atoms with Crippen molar-refractivity contribution in [3.63, 3.8) is 0 Å². The zero-order valence-corrected chi connectivity index (χ0v) is 8.14. The van der Waals surface area contributed by atoms with Crippen LogP contribution in [0.1, 0.15) is 13.3 Å². The number of para-hydroxylation sites is 1. The summed E-state index contributed by atoms with van der Waals surface area (Å²) in [6.07, 6.45) is 0.830. The summed E-state index contributed by atoms with van der Waals surface area (Å²) >= 11 is 0. The van der Waals surface area contributed by atoms with Crippen molar-refractivity contribution >= 4 is 11.7 Å². The summed E-state index contributed by atoms with van der Waals surface area (Å²) in [6.45, 7) is 2.43. The number of primary amides is 1. The highest BCUT2D eigenvalue weighted by Gasteiger charge is 2.11. The molecule has 0 heterocycles. The monoisotopic (exact) mass is 194 g/mol. The van der Waals surface area contributed by atoms with E-state index in [1.54, 1.807) is 12.1 Å². The van der Waals surface area contributed by atoms with Gasteiger partial charge < -0.3 is 5.73 Å². The van der Waals surface area contributed by atoms with Crippen molar-refractivity contribution in [2.75, 3.05) is 11.7 Å². The van der Waals surface area contributed by atoms with Gasteiger partial charge in [-0.05, 0) is 18.6 Å². The van der Waals surface area contributed by atoms with Crippen molar-refractivity contribution in [3.8, 4) is 0 Å². The van der Waals surface area contributed by atoms with Gasteiger partial charge in [0.25, 0.3) is 0 Å². The van der Waals surface area contributed by atoms with E-state index in [2.05, 4.69) is 0 Å². The number of hydrogen-bond donors (Lipinski definition) is 1. The Kier molecular flexibility index (Phi) is 3.94. The predicted molar refractivity (Wildman–Crippen MR) is 54.7 cm³/mol. The number of carbonyl (C=O) groups excluding carboxylic acids is 1. The van der Waals surface area contributed by atoms with Crippen molar-refractivity contribution in [1.82, 2.24) is 0 Å². The number of benzene rings is 1. The standard InChI is InChI=1S/C10H14N2O2/c1-2-8-14-12(10(11)13)9-6-4-3-5-7-9/h3-7H,2,8H2,1H3,(H2,11,13). The Morgan fingerprint density at radius 3 is 2.57 bits per heavy atom. The van der Waals surface area contributed by atoms with Crippen molar-refractivity contribution in [3.05, 3.63) is 30.3 Å². The van der Waals surface area contributed by atoms with E-state index in [0.29, 0.717) is 12.3 Å². The molecule has 0 atom stereocenters. The molecule has 1 aromatic rings. The van der Waals surface area contributed by atoms with Gasteiger partial charge in [0.1, 0.15) is 0 Å². The minimum Gasteiger partial charge on any atom is -0.349 e. The van der Waals surface area contributed by atoms with Crippen LogP contribution >= 0.6 is 0 Å². The van der Waals surface area contributed by atoms with Crippen molar-refractivity contribution in [1.29, 1.82) is 0 Å². The summed E-state index contributed by atoms with van der Waals surface area (Å²) in [5.41, 5.74) is 5.82. The molecule has 76 valence electrons. The normalized spacial score (nSPS) is 9.79. The van der Waals surface area contributed by atoms with Crippen LogP contribution in [0.5, 0.6) is 0 Å². The van der Waals surface area contributed by atoms with Crippen molar-refractivity contribution < 1.29 is 9.63 Å². The molecule has 0 saturated heterocycles. The number of rotatable bonds is 4. The summed E-state index contributed by atoms with van der Waals surface area (Å²) in [5.74, 6) is 0. The lowest BCUT2D eigenvalue weighted by atomic mass is 10.3. The molecule has 2 amide bonds. The quantitative estimate of drug-likeness (QED) is 0.744. The van der Waals surface area contributed by atoms with Gasteiger partial charge in [0.15, 0.2) is 0 Å². The van der Waals surface area contributed by atoms with Gasteiger partial charge >= 0.3 is 6.03 Å². The zero-order valence-electron chi connectivity index (χ0n) is 8.14. The van der Waals surface area contributed by atoms with Gasteiger partial charge in [-0.2, -0.15) is 5.06 Å². The van der Waals surface area contributed by atoms with E-state index >= 15 is 0 Å². The van der Waals surface area contributed by atoms with Gasteiger partial charge in [0, 0.05) is 0 Å². The summed E-state index contributed by atoms with van der Waals surface area (Å²) in [7, 11) is 0. The number of carbonyl (C=O) groups is 1. The molecule has 4 nitrogen and oxygen atoms in total. The second kappa shape index (κ2) is 5.24. The summed E-state index contributed by atoms with van der Waals surface area (Å²) in [4.78, 5) is 16.2. The zero-order chi connectivity index (χ0) is 10.4. The molecule has 0 aliphatic heterocycles. The van der Waals surface area contributed by atoms with E-state index in [0.717, 1.165) is 11.5 Å². The topological polar surface area (TPSA) is 55.6 Å². The van der Waals surface area contributed by atoms with Gasteiger partial charge in [-0.1, -0.05) is 25.1 Å². The number of anilines is 1. The maximum Gasteiger partial charge on any atom is 0.343 e. The summed E-state index contributed by atoms with van der Waals surface area (Å²) < 4.78 is 0. The Bertz CT molecular complexity index is 287. The Balaban J connectivity index is 2.73. The van der Waals surface area contributed by atoms with E-state index in [9.17, 15) is 4.79 Å². The molecule has 4 heteroatoms. The van der Waals surface area contributed by atoms with Crippen LogP contribution in [0.25, 0.3) is 0 Å². The van der Waals surface area contributed by atoms with Crippen LogP contribution in [0.3, 0.4) is 0 Å². The molecule has 0 aliphatic rings. The third-order valence-corrected chi connectivity index (χ3v) is 1.62. The number of nitrogens with two attached hydrogens (primary N) is 1. The van der Waals surface area contributed by atoms with E-state index in [-0.39, 0.29) is 0 Å². The lowest BCUT2D eigenvalue weighted by molar-refractivity contribution is 0.120. The molecule has 0 aliphatic carbocycles. The van der Waals surface area contributed by atoms with E-state index < -0.39 is 6.03 Å². The van der Waals surface area contributed by atoms with Gasteiger partial charge in [-0.15, -0.1) is 0 Å². The molecule has 0 fully saturated rings. The van der Waals surface area contributed by atoms with Crippen LogP contribution in [0.2, 0.25) is 0 Å². The number of hydroxylamine groups is 1. The van der Waals surface area contributed by atoms with E-state index in [1.807, 2.05) is 25.1 Å². The molecule has 0 radical (unpaired) electrons. The molecule has 0 unspecified atom stereocenters. The summed E-state index contributed by atoms with van der Waals surface area (Å²) in [6, 6.07) is 8.43. The van der Waals surface area contributed by atoms with Crippen LogP contribution in [-0.2, 0) is 4.84 Å². The first kappa shape index (κ1) is 10.5. The van der Waals surface area contributed by atoms with E-state index in [4.69, 9.17) is 10.6 Å². The molecule has 0 bridgehead atoms. The van der Waals surface area contributed by atoms with Gasteiger partial charge in [0.2, 0.25) is 0 Å². The van der Waals surface area contributed by atoms with Crippen molar-refractivity contribution in [2.24, 2.45) is 5.73 Å². The highest BCUT2D eigenvalue weighted by molar-refractivity contribution is 5.88. The first-order valence-corrected chi connectivity index (χ1v) is 4.53. The Labute approximate surface area is 83.2 Å². The fourth-order valence-corrected chi connectivity index (χ4v) is 1.01. The smallest absolute Gasteiger partial charge is 0.343 e. The lowest BCUT2D eigenvalue weighted by Crippen LogP contribution is -2.36. The van der Waals surface area contributed by atoms with Gasteiger partial charge in [-0.3, -0.25) is 4.84 Å². The molecule has 0 spiro atoms.